The van der Waals surface area contributed by atoms with Gasteiger partial charge in [-0.3, -0.25) is 0 Å². The van der Waals surface area contributed by atoms with Gasteiger partial charge in [-0.25, -0.2) is 0 Å². The number of anilines is 2. The Morgan fingerprint density at radius 1 is 0.422 bits per heavy atom. The van der Waals surface area contributed by atoms with Crippen molar-refractivity contribution in [2.45, 2.75) is 38.5 Å². The number of benzene rings is 7. The fraction of sp³-hybridized carbons (Fsp3) is 0.136. The molecule has 9 rings (SSSR count). The third-order valence-corrected chi connectivity index (χ3v) is 10.6. The summed E-state index contributed by atoms with van der Waals surface area (Å²) in [4.78, 5) is 0. The molecule has 216 valence electrons. The predicted molar refractivity (Wildman–Crippen MR) is 192 cm³/mol. The van der Waals surface area contributed by atoms with Gasteiger partial charge >= 0.3 is 0 Å². The highest BCUT2D eigenvalue weighted by atomic mass is 14.9. The van der Waals surface area contributed by atoms with Crippen molar-refractivity contribution in [2.75, 3.05) is 5.32 Å². The molecule has 0 atom stereocenters. The summed E-state index contributed by atoms with van der Waals surface area (Å²) in [5.41, 5.74) is 15.6. The number of hydrogen-bond acceptors (Lipinski definition) is 1. The van der Waals surface area contributed by atoms with Crippen LogP contribution in [0, 0.1) is 0 Å². The number of rotatable bonds is 3. The lowest BCUT2D eigenvalue weighted by molar-refractivity contribution is 0.661. The molecule has 0 unspecified atom stereocenters. The van der Waals surface area contributed by atoms with Gasteiger partial charge in [-0.1, -0.05) is 131 Å². The number of nitrogens with one attached hydrogen (secondary N) is 1. The minimum atomic E-state index is -0.109. The second kappa shape index (κ2) is 9.19. The predicted octanol–water partition coefficient (Wildman–Crippen LogP) is 12.0. The van der Waals surface area contributed by atoms with Crippen molar-refractivity contribution in [2.24, 2.45) is 0 Å². The molecule has 0 saturated carbocycles. The fourth-order valence-corrected chi connectivity index (χ4v) is 8.39. The van der Waals surface area contributed by atoms with Crippen LogP contribution >= 0.6 is 0 Å². The average molecular weight is 578 g/mol. The molecule has 7 aromatic carbocycles. The van der Waals surface area contributed by atoms with Gasteiger partial charge in [-0.2, -0.15) is 0 Å². The molecular formula is C44H35N. The van der Waals surface area contributed by atoms with Gasteiger partial charge in [-0.15, -0.1) is 0 Å². The molecule has 7 aromatic rings. The monoisotopic (exact) mass is 577 g/mol. The first-order valence-electron chi connectivity index (χ1n) is 16.0. The van der Waals surface area contributed by atoms with E-state index in [2.05, 4.69) is 166 Å². The smallest absolute Gasteiger partial charge is 0.0470 e. The lowest BCUT2D eigenvalue weighted by Crippen LogP contribution is -2.16. The lowest BCUT2D eigenvalue weighted by atomic mass is 9.78. The van der Waals surface area contributed by atoms with E-state index in [-0.39, 0.29) is 10.8 Å². The van der Waals surface area contributed by atoms with E-state index in [0.717, 1.165) is 11.4 Å². The highest BCUT2D eigenvalue weighted by molar-refractivity contribution is 6.06. The SMILES string of the molecule is CC1(C)c2ccc(Nc3ccc4ccccc4c3-c3cccc4c3C(C)(C)c3ccccc3-4)cc2-c2cc3ccccc3cc21. The largest absolute Gasteiger partial charge is 0.355 e. The van der Waals surface area contributed by atoms with Crippen molar-refractivity contribution >= 4 is 32.9 Å². The van der Waals surface area contributed by atoms with E-state index in [4.69, 9.17) is 0 Å². The molecule has 0 bridgehead atoms. The van der Waals surface area contributed by atoms with Crippen LogP contribution in [0.15, 0.2) is 133 Å². The van der Waals surface area contributed by atoms with Crippen LogP contribution in [0.3, 0.4) is 0 Å². The van der Waals surface area contributed by atoms with Crippen LogP contribution in [0.25, 0.3) is 54.9 Å². The molecule has 0 spiro atoms. The zero-order chi connectivity index (χ0) is 30.5. The molecule has 0 amide bonds. The first kappa shape index (κ1) is 26.3. The van der Waals surface area contributed by atoms with Crippen LogP contribution in [0.5, 0.6) is 0 Å². The molecule has 1 nitrogen and oxygen atoms in total. The molecule has 0 fully saturated rings. The summed E-state index contributed by atoms with van der Waals surface area (Å²) in [7, 11) is 0. The maximum atomic E-state index is 3.93. The summed E-state index contributed by atoms with van der Waals surface area (Å²) in [5, 5.41) is 9.03. The van der Waals surface area contributed by atoms with E-state index in [9.17, 15) is 0 Å². The van der Waals surface area contributed by atoms with Gasteiger partial charge in [0.15, 0.2) is 0 Å². The molecule has 2 aliphatic rings. The standard InChI is InChI=1S/C44H35N/c1-43(2)38-22-21-30(26-36(38)35-24-28-13-5-6-14-29(28)25-39(35)43)45-40-23-20-27-12-7-8-15-31(27)41(40)34-18-11-17-33-32-16-9-10-19-37(32)44(3,4)42(33)34/h5-26,45H,1-4H3. The van der Waals surface area contributed by atoms with Gasteiger partial charge in [0.05, 0.1) is 0 Å². The Morgan fingerprint density at radius 3 is 1.91 bits per heavy atom. The Kier molecular flexibility index (Phi) is 5.37. The molecule has 45 heavy (non-hydrogen) atoms. The summed E-state index contributed by atoms with van der Waals surface area (Å²) >= 11 is 0. The van der Waals surface area contributed by atoms with Crippen molar-refractivity contribution in [1.82, 2.24) is 0 Å². The number of fused-ring (bicyclic) bond motifs is 8. The first-order chi connectivity index (χ1) is 21.8. The van der Waals surface area contributed by atoms with Gasteiger partial charge in [0.2, 0.25) is 0 Å². The minimum absolute atomic E-state index is 0.0491. The maximum absolute atomic E-state index is 3.93. The van der Waals surface area contributed by atoms with Crippen LogP contribution in [0.2, 0.25) is 0 Å². The van der Waals surface area contributed by atoms with Gasteiger partial charge in [0, 0.05) is 27.8 Å². The Bertz CT molecular complexity index is 2350. The van der Waals surface area contributed by atoms with E-state index >= 15 is 0 Å². The van der Waals surface area contributed by atoms with Crippen LogP contribution in [0.4, 0.5) is 11.4 Å². The lowest BCUT2D eigenvalue weighted by Gasteiger charge is -2.26. The topological polar surface area (TPSA) is 12.0 Å². The van der Waals surface area contributed by atoms with Gasteiger partial charge in [0.1, 0.15) is 0 Å². The van der Waals surface area contributed by atoms with Crippen molar-refractivity contribution in [3.8, 4) is 33.4 Å². The second-order valence-corrected chi connectivity index (χ2v) is 13.9. The van der Waals surface area contributed by atoms with E-state index in [1.807, 2.05) is 0 Å². The molecule has 1 heteroatoms. The Balaban J connectivity index is 1.23. The molecule has 0 aliphatic heterocycles. The van der Waals surface area contributed by atoms with Gasteiger partial charge in [0.25, 0.3) is 0 Å². The summed E-state index contributed by atoms with van der Waals surface area (Å²) in [6.45, 7) is 9.47. The van der Waals surface area contributed by atoms with Crippen molar-refractivity contribution in [3.05, 3.63) is 156 Å². The fourth-order valence-electron chi connectivity index (χ4n) is 8.39. The Hall–Kier alpha value is -5.14. The molecule has 0 heterocycles. The molecule has 2 aliphatic carbocycles. The van der Waals surface area contributed by atoms with Crippen LogP contribution in [0.1, 0.15) is 49.9 Å². The first-order valence-corrected chi connectivity index (χ1v) is 16.0. The van der Waals surface area contributed by atoms with Crippen LogP contribution in [-0.2, 0) is 10.8 Å². The van der Waals surface area contributed by atoms with Crippen LogP contribution in [-0.4, -0.2) is 0 Å². The normalized spacial score (nSPS) is 15.0. The van der Waals surface area contributed by atoms with Gasteiger partial charge in [-0.05, 0) is 102 Å². The molecular weight excluding hydrogens is 542 g/mol. The third kappa shape index (κ3) is 3.68. The molecule has 1 N–H and O–H groups in total. The number of hydrogen-bond donors (Lipinski definition) is 1. The van der Waals surface area contributed by atoms with Crippen molar-refractivity contribution in [3.63, 3.8) is 0 Å². The van der Waals surface area contributed by atoms with Crippen LogP contribution < -0.4 is 5.32 Å². The minimum Gasteiger partial charge on any atom is -0.355 e. The quantitative estimate of drug-likeness (QED) is 0.220. The highest BCUT2D eigenvalue weighted by Gasteiger charge is 2.38. The summed E-state index contributed by atoms with van der Waals surface area (Å²) < 4.78 is 0. The summed E-state index contributed by atoms with van der Waals surface area (Å²) in [6.07, 6.45) is 0. The van der Waals surface area contributed by atoms with E-state index in [1.54, 1.807) is 0 Å². The molecule has 0 aromatic heterocycles. The summed E-state index contributed by atoms with van der Waals surface area (Å²) in [5.74, 6) is 0. The van der Waals surface area contributed by atoms with Gasteiger partial charge < -0.3 is 5.32 Å². The summed E-state index contributed by atoms with van der Waals surface area (Å²) in [6, 6.07) is 49.6. The zero-order valence-corrected chi connectivity index (χ0v) is 26.2. The maximum Gasteiger partial charge on any atom is 0.0470 e. The van der Waals surface area contributed by atoms with E-state index in [0.29, 0.717) is 0 Å². The second-order valence-electron chi connectivity index (χ2n) is 13.9. The Labute approximate surface area is 265 Å². The van der Waals surface area contributed by atoms with Crippen molar-refractivity contribution in [1.29, 1.82) is 0 Å². The molecule has 0 radical (unpaired) electrons. The van der Waals surface area contributed by atoms with Crippen molar-refractivity contribution < 1.29 is 0 Å². The third-order valence-electron chi connectivity index (χ3n) is 10.6. The molecule has 0 saturated heterocycles. The average Bonchev–Trinajstić information content (AvgIpc) is 3.43. The Morgan fingerprint density at radius 2 is 1.07 bits per heavy atom. The highest BCUT2D eigenvalue weighted by Crippen LogP contribution is 2.54. The zero-order valence-electron chi connectivity index (χ0n) is 26.2. The van der Waals surface area contributed by atoms with E-state index < -0.39 is 0 Å². The van der Waals surface area contributed by atoms with E-state index in [1.165, 1.54) is 77.2 Å².